The second-order valence-electron chi connectivity index (χ2n) is 9.24. The number of benzene rings is 3. The first-order valence-electron chi connectivity index (χ1n) is 13.5. The molecule has 0 aliphatic rings. The topological polar surface area (TPSA) is 85.2 Å². The lowest BCUT2D eigenvalue weighted by atomic mass is 9.86. The van der Waals surface area contributed by atoms with Crippen LogP contribution in [-0.4, -0.2) is 44.6 Å². The molecule has 0 saturated heterocycles. The first kappa shape index (κ1) is 29.3. The quantitative estimate of drug-likeness (QED) is 0.150. The predicted octanol–water partition coefficient (Wildman–Crippen LogP) is 5.46. The van der Waals surface area contributed by atoms with E-state index < -0.39 is 5.97 Å². The highest BCUT2D eigenvalue weighted by molar-refractivity contribution is 5.71. The minimum atomic E-state index is -0.423. The van der Waals surface area contributed by atoms with Crippen molar-refractivity contribution in [3.63, 3.8) is 0 Å². The fourth-order valence-electron chi connectivity index (χ4n) is 4.49. The highest BCUT2D eigenvalue weighted by Gasteiger charge is 2.18. The Bertz CT molecular complexity index is 1410. The number of carbonyl (C=O) groups excluding carboxylic acids is 1. The molecule has 0 fully saturated rings. The lowest BCUT2D eigenvalue weighted by Crippen LogP contribution is -2.21. The first-order valence-corrected chi connectivity index (χ1v) is 13.5. The molecule has 0 spiro atoms. The number of pyridine rings is 1. The molecule has 8 heteroatoms. The van der Waals surface area contributed by atoms with Crippen molar-refractivity contribution in [1.82, 2.24) is 4.57 Å². The van der Waals surface area contributed by atoms with E-state index in [4.69, 9.17) is 23.7 Å². The van der Waals surface area contributed by atoms with Crippen LogP contribution in [0.4, 0.5) is 0 Å². The number of rotatable bonds is 14. The molecule has 4 rings (SSSR count). The highest BCUT2D eigenvalue weighted by atomic mass is 16.6. The molecular formula is C33H35NO7. The van der Waals surface area contributed by atoms with Crippen molar-refractivity contribution in [2.75, 3.05) is 34.0 Å². The van der Waals surface area contributed by atoms with Crippen LogP contribution in [0, 0.1) is 0 Å². The number of hydrogen-bond acceptors (Lipinski definition) is 7. The molecule has 0 aliphatic heterocycles. The molecular weight excluding hydrogens is 522 g/mol. The Morgan fingerprint density at radius 1 is 0.756 bits per heavy atom. The molecule has 214 valence electrons. The van der Waals surface area contributed by atoms with Crippen LogP contribution >= 0.6 is 0 Å². The Hall–Kier alpha value is -4.72. The summed E-state index contributed by atoms with van der Waals surface area (Å²) in [5.74, 6) is 2.18. The number of aromatic nitrogens is 1. The second-order valence-corrected chi connectivity index (χ2v) is 9.24. The Labute approximate surface area is 240 Å². The zero-order valence-corrected chi connectivity index (χ0v) is 23.6. The number of methoxy groups -OCH3 is 2. The van der Waals surface area contributed by atoms with Crippen LogP contribution < -0.4 is 24.5 Å². The molecule has 0 aliphatic carbocycles. The summed E-state index contributed by atoms with van der Waals surface area (Å²) in [6.45, 7) is 2.78. The van der Waals surface area contributed by atoms with E-state index in [1.165, 1.54) is 0 Å². The Morgan fingerprint density at radius 3 is 1.93 bits per heavy atom. The maximum absolute atomic E-state index is 12.8. The van der Waals surface area contributed by atoms with Gasteiger partial charge in [-0.3, -0.25) is 4.79 Å². The number of aryl methyl sites for hydroxylation is 1. The summed E-state index contributed by atoms with van der Waals surface area (Å²) in [4.78, 5) is 24.3. The minimum Gasteiger partial charge on any atom is -0.497 e. The summed E-state index contributed by atoms with van der Waals surface area (Å²) in [7, 11) is 3.29. The van der Waals surface area contributed by atoms with Gasteiger partial charge in [0.15, 0.2) is 6.61 Å². The maximum atomic E-state index is 12.8. The minimum absolute atomic E-state index is 0.0775. The Morgan fingerprint density at radius 2 is 1.34 bits per heavy atom. The van der Waals surface area contributed by atoms with Gasteiger partial charge in [0.1, 0.15) is 23.0 Å². The molecule has 0 saturated carbocycles. The molecule has 0 bridgehead atoms. The van der Waals surface area contributed by atoms with Crippen molar-refractivity contribution in [3.8, 4) is 23.0 Å². The number of hydrogen-bond donors (Lipinski definition) is 0. The maximum Gasteiger partial charge on any atom is 0.344 e. The SMILES string of the molecule is CCOC(=O)COc1cccc(OCCCn2cc(C(c3ccc(OC)cc3)c3ccc(OC)cc3)ccc2=O)c1. The van der Waals surface area contributed by atoms with Crippen molar-refractivity contribution in [2.45, 2.75) is 25.8 Å². The largest absolute Gasteiger partial charge is 0.497 e. The van der Waals surface area contributed by atoms with E-state index in [1.54, 1.807) is 50.0 Å². The summed E-state index contributed by atoms with van der Waals surface area (Å²) < 4.78 is 28.7. The van der Waals surface area contributed by atoms with Crippen LogP contribution in [0.3, 0.4) is 0 Å². The van der Waals surface area contributed by atoms with Gasteiger partial charge in [-0.15, -0.1) is 0 Å². The molecule has 0 atom stereocenters. The van der Waals surface area contributed by atoms with Crippen molar-refractivity contribution in [1.29, 1.82) is 0 Å². The van der Waals surface area contributed by atoms with Crippen LogP contribution in [0.25, 0.3) is 0 Å². The number of esters is 1. The molecule has 0 unspecified atom stereocenters. The third kappa shape index (κ3) is 8.14. The van der Waals surface area contributed by atoms with E-state index in [0.29, 0.717) is 37.7 Å². The fraction of sp³-hybridized carbons (Fsp3) is 0.273. The van der Waals surface area contributed by atoms with Gasteiger partial charge in [-0.2, -0.15) is 0 Å². The summed E-state index contributed by atoms with van der Waals surface area (Å²) in [5.41, 5.74) is 3.07. The van der Waals surface area contributed by atoms with Crippen LogP contribution in [0.1, 0.15) is 36.0 Å². The van der Waals surface area contributed by atoms with Crippen LogP contribution in [-0.2, 0) is 16.1 Å². The van der Waals surface area contributed by atoms with Crippen LogP contribution in [0.5, 0.6) is 23.0 Å². The highest BCUT2D eigenvalue weighted by Crippen LogP contribution is 2.33. The number of carbonyl (C=O) groups is 1. The van der Waals surface area contributed by atoms with Gasteiger partial charge >= 0.3 is 5.97 Å². The molecule has 1 heterocycles. The van der Waals surface area contributed by atoms with E-state index in [-0.39, 0.29) is 18.1 Å². The van der Waals surface area contributed by atoms with Gasteiger partial charge < -0.3 is 28.3 Å². The van der Waals surface area contributed by atoms with Gasteiger partial charge in [-0.1, -0.05) is 36.4 Å². The zero-order chi connectivity index (χ0) is 29.0. The smallest absolute Gasteiger partial charge is 0.344 e. The standard InChI is InChI=1S/C33H35NO7/c1-4-39-32(36)23-41-30-8-5-7-29(21-30)40-20-6-19-34-22-26(13-18-31(34)35)33(24-9-14-27(37-2)15-10-24)25-11-16-28(38-3)17-12-25/h5,7-18,21-22,33H,4,6,19-20,23H2,1-3H3. The van der Waals surface area contributed by atoms with E-state index in [2.05, 4.69) is 0 Å². The average molecular weight is 558 g/mol. The van der Waals surface area contributed by atoms with E-state index in [1.807, 2.05) is 66.9 Å². The monoisotopic (exact) mass is 557 g/mol. The molecule has 1 aromatic heterocycles. The molecule has 41 heavy (non-hydrogen) atoms. The van der Waals surface area contributed by atoms with Gasteiger partial charge in [0, 0.05) is 30.8 Å². The van der Waals surface area contributed by atoms with Gasteiger partial charge in [0.25, 0.3) is 5.56 Å². The number of ether oxygens (including phenoxy) is 5. The number of nitrogens with zero attached hydrogens (tertiary/aromatic N) is 1. The van der Waals surface area contributed by atoms with Crippen molar-refractivity contribution < 1.29 is 28.5 Å². The predicted molar refractivity (Wildman–Crippen MR) is 156 cm³/mol. The third-order valence-electron chi connectivity index (χ3n) is 6.52. The molecule has 3 aromatic carbocycles. The Balaban J connectivity index is 1.45. The van der Waals surface area contributed by atoms with Gasteiger partial charge in [0.05, 0.1) is 27.4 Å². The molecule has 0 radical (unpaired) electrons. The summed E-state index contributed by atoms with van der Waals surface area (Å²) in [6.07, 6.45) is 2.54. The van der Waals surface area contributed by atoms with Crippen LogP contribution in [0.2, 0.25) is 0 Å². The van der Waals surface area contributed by atoms with E-state index in [9.17, 15) is 9.59 Å². The van der Waals surface area contributed by atoms with Gasteiger partial charge in [0.2, 0.25) is 0 Å². The molecule has 0 N–H and O–H groups in total. The third-order valence-corrected chi connectivity index (χ3v) is 6.52. The van der Waals surface area contributed by atoms with E-state index in [0.717, 1.165) is 28.2 Å². The summed E-state index contributed by atoms with van der Waals surface area (Å²) >= 11 is 0. The van der Waals surface area contributed by atoms with Gasteiger partial charge in [-0.25, -0.2) is 4.79 Å². The summed E-state index contributed by atoms with van der Waals surface area (Å²) in [6, 6.07) is 26.5. The zero-order valence-electron chi connectivity index (χ0n) is 23.6. The lowest BCUT2D eigenvalue weighted by Gasteiger charge is -2.20. The van der Waals surface area contributed by atoms with E-state index >= 15 is 0 Å². The Kier molecular flexibility index (Phi) is 10.4. The van der Waals surface area contributed by atoms with Crippen molar-refractivity contribution in [3.05, 3.63) is 118 Å². The molecule has 4 aromatic rings. The molecule has 0 amide bonds. The normalized spacial score (nSPS) is 10.7. The molecule has 8 nitrogen and oxygen atoms in total. The first-order chi connectivity index (χ1) is 20.0. The second kappa shape index (κ2) is 14.6. The lowest BCUT2D eigenvalue weighted by molar-refractivity contribution is -0.145. The van der Waals surface area contributed by atoms with Crippen molar-refractivity contribution in [2.24, 2.45) is 0 Å². The van der Waals surface area contributed by atoms with Crippen LogP contribution in [0.15, 0.2) is 95.9 Å². The van der Waals surface area contributed by atoms with Gasteiger partial charge in [-0.05, 0) is 66.4 Å². The average Bonchev–Trinajstić information content (AvgIpc) is 3.01. The fourth-order valence-corrected chi connectivity index (χ4v) is 4.49. The van der Waals surface area contributed by atoms with Crippen molar-refractivity contribution >= 4 is 5.97 Å². The summed E-state index contributed by atoms with van der Waals surface area (Å²) in [5, 5.41) is 0.